The van der Waals surface area contributed by atoms with Crippen molar-refractivity contribution in [1.82, 2.24) is 14.7 Å². The van der Waals surface area contributed by atoms with Gasteiger partial charge in [0.1, 0.15) is 18.0 Å². The fraction of sp³-hybridized carbons (Fsp3) is 0.769. The van der Waals surface area contributed by atoms with Crippen molar-refractivity contribution in [2.24, 2.45) is 0 Å². The Balaban J connectivity index is 2.10. The summed E-state index contributed by atoms with van der Waals surface area (Å²) in [6.07, 6.45) is -0.199. The van der Waals surface area contributed by atoms with Crippen molar-refractivity contribution in [3.63, 3.8) is 0 Å². The van der Waals surface area contributed by atoms with Crippen LogP contribution in [0.4, 0.5) is 13.2 Å². The molecule has 20 heavy (non-hydrogen) atoms. The molecule has 0 saturated carbocycles. The summed E-state index contributed by atoms with van der Waals surface area (Å²) in [6, 6.07) is 0. The standard InChI is InChI=1S/C13H18F3N3O/c1-18-5-2-10-9(6-18)11-13(15,16)4-3-12(20,7-14)8-19(11)17-10/h20H,2-8H2,1H3/t12-/m1/s1. The molecule has 0 spiro atoms. The third-order valence-corrected chi connectivity index (χ3v) is 4.24. The van der Waals surface area contributed by atoms with E-state index in [1.54, 1.807) is 0 Å². The average Bonchev–Trinajstić information content (AvgIpc) is 2.69. The molecule has 0 bridgehead atoms. The zero-order valence-corrected chi connectivity index (χ0v) is 11.4. The number of likely N-dealkylation sites (N-methyl/N-ethyl adjacent to an activating group) is 1. The van der Waals surface area contributed by atoms with Crippen LogP contribution in [0.15, 0.2) is 0 Å². The van der Waals surface area contributed by atoms with Crippen molar-refractivity contribution < 1.29 is 18.3 Å². The molecule has 112 valence electrons. The van der Waals surface area contributed by atoms with Crippen LogP contribution in [-0.4, -0.2) is 45.7 Å². The van der Waals surface area contributed by atoms with Crippen molar-refractivity contribution in [2.45, 2.75) is 43.9 Å². The maximum atomic E-state index is 14.4. The zero-order chi connectivity index (χ0) is 14.5. The first kappa shape index (κ1) is 13.9. The van der Waals surface area contributed by atoms with Gasteiger partial charge < -0.3 is 10.0 Å². The molecule has 2 aliphatic rings. The van der Waals surface area contributed by atoms with E-state index in [1.165, 1.54) is 0 Å². The molecule has 7 heteroatoms. The summed E-state index contributed by atoms with van der Waals surface area (Å²) >= 11 is 0. The van der Waals surface area contributed by atoms with Gasteiger partial charge in [0.05, 0.1) is 12.2 Å². The second-order valence-electron chi connectivity index (χ2n) is 5.98. The first-order valence-corrected chi connectivity index (χ1v) is 6.78. The van der Waals surface area contributed by atoms with Gasteiger partial charge in [-0.3, -0.25) is 4.68 Å². The summed E-state index contributed by atoms with van der Waals surface area (Å²) in [5.74, 6) is -3.07. The number of aromatic nitrogens is 2. The number of halogens is 3. The number of hydrogen-bond acceptors (Lipinski definition) is 3. The SMILES string of the molecule is CN1CCc2nn3c(c2C1)C(F)(F)CC[C@@](O)(CF)C3. The smallest absolute Gasteiger partial charge is 0.289 e. The molecule has 0 saturated heterocycles. The fourth-order valence-electron chi connectivity index (χ4n) is 3.06. The number of rotatable bonds is 1. The highest BCUT2D eigenvalue weighted by molar-refractivity contribution is 5.32. The Morgan fingerprint density at radius 3 is 2.80 bits per heavy atom. The normalized spacial score (nSPS) is 29.6. The van der Waals surface area contributed by atoms with Crippen LogP contribution in [0, 0.1) is 0 Å². The van der Waals surface area contributed by atoms with Crippen LogP contribution < -0.4 is 0 Å². The van der Waals surface area contributed by atoms with E-state index in [0.29, 0.717) is 24.2 Å². The molecular formula is C13H18F3N3O. The Labute approximate surface area is 115 Å². The van der Waals surface area contributed by atoms with Crippen molar-refractivity contribution in [1.29, 1.82) is 0 Å². The molecule has 3 rings (SSSR count). The van der Waals surface area contributed by atoms with Gasteiger partial charge in [-0.25, -0.2) is 4.39 Å². The van der Waals surface area contributed by atoms with Crippen LogP contribution in [0.1, 0.15) is 29.8 Å². The molecule has 0 aliphatic carbocycles. The lowest BCUT2D eigenvalue weighted by Crippen LogP contribution is -2.36. The van der Waals surface area contributed by atoms with Gasteiger partial charge in [0, 0.05) is 31.5 Å². The minimum atomic E-state index is -3.07. The van der Waals surface area contributed by atoms with Crippen LogP contribution in [0.3, 0.4) is 0 Å². The van der Waals surface area contributed by atoms with Gasteiger partial charge in [-0.1, -0.05) is 0 Å². The second kappa shape index (κ2) is 4.46. The second-order valence-corrected chi connectivity index (χ2v) is 5.98. The van der Waals surface area contributed by atoms with Gasteiger partial charge >= 0.3 is 0 Å². The molecule has 0 amide bonds. The topological polar surface area (TPSA) is 41.3 Å². The maximum Gasteiger partial charge on any atom is 0.289 e. The number of fused-ring (bicyclic) bond motifs is 3. The highest BCUT2D eigenvalue weighted by atomic mass is 19.3. The lowest BCUT2D eigenvalue weighted by molar-refractivity contribution is -0.0474. The Morgan fingerprint density at radius 2 is 2.10 bits per heavy atom. The third kappa shape index (κ3) is 2.13. The Hall–Kier alpha value is -1.08. The maximum absolute atomic E-state index is 14.4. The first-order valence-electron chi connectivity index (χ1n) is 6.78. The highest BCUT2D eigenvalue weighted by Gasteiger charge is 2.46. The van der Waals surface area contributed by atoms with E-state index in [0.717, 1.165) is 11.2 Å². The molecule has 0 unspecified atom stereocenters. The summed E-state index contributed by atoms with van der Waals surface area (Å²) in [4.78, 5) is 1.97. The third-order valence-electron chi connectivity index (χ3n) is 4.24. The van der Waals surface area contributed by atoms with Gasteiger partial charge in [-0.15, -0.1) is 0 Å². The first-order chi connectivity index (χ1) is 9.35. The Kier molecular flexibility index (Phi) is 3.10. The number of nitrogens with zero attached hydrogens (tertiary/aromatic N) is 3. The number of hydrogen-bond donors (Lipinski definition) is 1. The molecule has 1 aromatic rings. The van der Waals surface area contributed by atoms with E-state index in [2.05, 4.69) is 5.10 Å². The van der Waals surface area contributed by atoms with Crippen molar-refractivity contribution in [2.75, 3.05) is 20.3 Å². The van der Waals surface area contributed by atoms with Gasteiger partial charge in [-0.2, -0.15) is 13.9 Å². The van der Waals surface area contributed by atoms with Gasteiger partial charge in [0.15, 0.2) is 0 Å². The summed E-state index contributed by atoms with van der Waals surface area (Å²) in [7, 11) is 1.87. The van der Waals surface area contributed by atoms with E-state index >= 15 is 0 Å². The van der Waals surface area contributed by atoms with Crippen LogP contribution in [0.25, 0.3) is 0 Å². The van der Waals surface area contributed by atoms with Gasteiger partial charge in [0.25, 0.3) is 5.92 Å². The van der Waals surface area contributed by atoms with Crippen LogP contribution in [0.2, 0.25) is 0 Å². The average molecular weight is 289 g/mol. The van der Waals surface area contributed by atoms with Crippen molar-refractivity contribution in [3.05, 3.63) is 17.0 Å². The largest absolute Gasteiger partial charge is 0.385 e. The molecule has 0 fully saturated rings. The molecule has 2 aliphatic heterocycles. The minimum Gasteiger partial charge on any atom is -0.385 e. The summed E-state index contributed by atoms with van der Waals surface area (Å²) in [5.41, 5.74) is -0.675. The lowest BCUT2D eigenvalue weighted by atomic mass is 9.96. The van der Waals surface area contributed by atoms with Crippen molar-refractivity contribution in [3.8, 4) is 0 Å². The molecular weight excluding hydrogens is 271 g/mol. The monoisotopic (exact) mass is 289 g/mol. The Bertz CT molecular complexity index is 531. The summed E-state index contributed by atoms with van der Waals surface area (Å²) in [6.45, 7) is -0.0468. The lowest BCUT2D eigenvalue weighted by Gasteiger charge is -2.24. The predicted molar refractivity (Wildman–Crippen MR) is 66.3 cm³/mol. The van der Waals surface area contributed by atoms with Gasteiger partial charge in [-0.05, 0) is 13.5 Å². The van der Waals surface area contributed by atoms with Crippen LogP contribution >= 0.6 is 0 Å². The Morgan fingerprint density at radius 1 is 1.35 bits per heavy atom. The van der Waals surface area contributed by atoms with Crippen molar-refractivity contribution >= 4 is 0 Å². The van der Waals surface area contributed by atoms with E-state index in [1.807, 2.05) is 11.9 Å². The summed E-state index contributed by atoms with van der Waals surface area (Å²) in [5, 5.41) is 14.3. The van der Waals surface area contributed by atoms with E-state index in [-0.39, 0.29) is 18.7 Å². The molecule has 4 nitrogen and oxygen atoms in total. The molecule has 0 radical (unpaired) electrons. The molecule has 1 aromatic heterocycles. The van der Waals surface area contributed by atoms with E-state index < -0.39 is 24.6 Å². The van der Waals surface area contributed by atoms with Crippen LogP contribution in [0.5, 0.6) is 0 Å². The molecule has 3 heterocycles. The summed E-state index contributed by atoms with van der Waals surface area (Å²) < 4.78 is 42.9. The van der Waals surface area contributed by atoms with E-state index in [9.17, 15) is 18.3 Å². The minimum absolute atomic E-state index is 0.136. The highest BCUT2D eigenvalue weighted by Crippen LogP contribution is 2.42. The van der Waals surface area contributed by atoms with Crippen LogP contribution in [-0.2, 0) is 25.4 Å². The zero-order valence-electron chi connectivity index (χ0n) is 11.4. The predicted octanol–water partition coefficient (Wildman–Crippen LogP) is 1.46. The molecule has 1 N–H and O–H groups in total. The quantitative estimate of drug-likeness (QED) is 0.851. The fourth-order valence-corrected chi connectivity index (χ4v) is 3.06. The van der Waals surface area contributed by atoms with Gasteiger partial charge in [0.2, 0.25) is 0 Å². The van der Waals surface area contributed by atoms with E-state index in [4.69, 9.17) is 0 Å². The molecule has 0 aromatic carbocycles. The number of aliphatic hydroxyl groups is 1. The molecule has 1 atom stereocenters. The number of alkyl halides is 3.